The molecule has 1 N–H and O–H groups in total. The molecule has 0 aliphatic carbocycles. The highest BCUT2D eigenvalue weighted by Crippen LogP contribution is 2.15. The van der Waals surface area contributed by atoms with Gasteiger partial charge in [-0.15, -0.1) is 11.3 Å². The zero-order chi connectivity index (χ0) is 12.8. The van der Waals surface area contributed by atoms with Gasteiger partial charge in [-0.1, -0.05) is 6.07 Å². The molecule has 0 radical (unpaired) electrons. The summed E-state index contributed by atoms with van der Waals surface area (Å²) in [4.78, 5) is 15.4. The molecule has 0 atom stereocenters. The van der Waals surface area contributed by atoms with Gasteiger partial charge in [0.1, 0.15) is 0 Å². The average molecular weight is 266 g/mol. The lowest BCUT2D eigenvalue weighted by molar-refractivity contribution is -0.132. The van der Waals surface area contributed by atoms with E-state index in [9.17, 15) is 4.79 Å². The van der Waals surface area contributed by atoms with Crippen molar-refractivity contribution in [3.8, 4) is 0 Å². The molecule has 0 aromatic carbocycles. The van der Waals surface area contributed by atoms with E-state index in [4.69, 9.17) is 0 Å². The molecule has 18 heavy (non-hydrogen) atoms. The molecule has 1 saturated heterocycles. The zero-order valence-corrected chi connectivity index (χ0v) is 11.8. The maximum absolute atomic E-state index is 12.0. The minimum absolute atomic E-state index is 0.334. The second kappa shape index (κ2) is 6.90. The lowest BCUT2D eigenvalue weighted by Crippen LogP contribution is -2.43. The van der Waals surface area contributed by atoms with Crippen LogP contribution in [0, 0.1) is 0 Å². The van der Waals surface area contributed by atoms with E-state index in [-0.39, 0.29) is 0 Å². The molecule has 1 aromatic heterocycles. The van der Waals surface area contributed by atoms with E-state index >= 15 is 0 Å². The fraction of sp³-hybridized carbons (Fsp3) is 0.643. The molecule has 3 nitrogen and oxygen atoms in total. The highest BCUT2D eigenvalue weighted by Gasteiger charge is 2.21. The van der Waals surface area contributed by atoms with Gasteiger partial charge in [0, 0.05) is 30.4 Å². The monoisotopic (exact) mass is 266 g/mol. The first kappa shape index (κ1) is 13.6. The molecule has 1 aliphatic heterocycles. The number of piperidine rings is 1. The number of rotatable bonds is 5. The summed E-state index contributed by atoms with van der Waals surface area (Å²) in [6.07, 6.45) is 4.89. The van der Waals surface area contributed by atoms with Crippen molar-refractivity contribution in [2.24, 2.45) is 0 Å². The van der Waals surface area contributed by atoms with Crippen LogP contribution in [-0.2, 0) is 11.2 Å². The highest BCUT2D eigenvalue weighted by atomic mass is 32.1. The van der Waals surface area contributed by atoms with Crippen LogP contribution in [0.25, 0.3) is 0 Å². The van der Waals surface area contributed by atoms with Gasteiger partial charge in [-0.2, -0.15) is 0 Å². The topological polar surface area (TPSA) is 32.3 Å². The maximum atomic E-state index is 12.0. The smallest absolute Gasteiger partial charge is 0.222 e. The Kier molecular flexibility index (Phi) is 5.20. The first-order chi connectivity index (χ1) is 8.79. The van der Waals surface area contributed by atoms with Crippen molar-refractivity contribution in [3.05, 3.63) is 22.4 Å². The quantitative estimate of drug-likeness (QED) is 0.887. The van der Waals surface area contributed by atoms with E-state index in [2.05, 4.69) is 22.8 Å². The normalized spacial score (nSPS) is 17.1. The Bertz CT molecular complexity index is 356. The van der Waals surface area contributed by atoms with E-state index in [1.165, 1.54) is 4.88 Å². The van der Waals surface area contributed by atoms with Gasteiger partial charge in [0.15, 0.2) is 0 Å². The number of aryl methyl sites for hydroxylation is 1. The summed E-state index contributed by atoms with van der Waals surface area (Å²) in [7, 11) is 2.00. The van der Waals surface area contributed by atoms with Crippen LogP contribution in [0.4, 0.5) is 0 Å². The van der Waals surface area contributed by atoms with Gasteiger partial charge in [-0.05, 0) is 44.2 Å². The van der Waals surface area contributed by atoms with Gasteiger partial charge >= 0.3 is 0 Å². The lowest BCUT2D eigenvalue weighted by atomic mass is 10.0. The van der Waals surface area contributed by atoms with E-state index in [0.29, 0.717) is 18.4 Å². The SMILES string of the molecule is CNC1CCN(C(=O)CCCc2cccs2)CC1. The Balaban J connectivity index is 1.66. The number of hydrogen-bond donors (Lipinski definition) is 1. The van der Waals surface area contributed by atoms with E-state index < -0.39 is 0 Å². The Morgan fingerprint density at radius 2 is 2.28 bits per heavy atom. The maximum Gasteiger partial charge on any atom is 0.222 e. The molecule has 4 heteroatoms. The van der Waals surface area contributed by atoms with Crippen LogP contribution in [0.5, 0.6) is 0 Å². The molecule has 2 heterocycles. The number of carbonyl (C=O) groups excluding carboxylic acids is 1. The van der Waals surface area contributed by atoms with Crippen molar-refractivity contribution in [1.82, 2.24) is 10.2 Å². The fourth-order valence-corrected chi connectivity index (χ4v) is 3.20. The molecule has 1 amide bonds. The lowest BCUT2D eigenvalue weighted by Gasteiger charge is -2.31. The molecule has 0 bridgehead atoms. The standard InChI is InChI=1S/C14H22N2OS/c1-15-12-7-9-16(10-8-12)14(17)6-2-4-13-5-3-11-18-13/h3,5,11-12,15H,2,4,6-10H2,1H3. The number of amides is 1. The number of nitrogens with zero attached hydrogens (tertiary/aromatic N) is 1. The van der Waals surface area contributed by atoms with Gasteiger partial charge in [0.2, 0.25) is 5.91 Å². The summed E-state index contributed by atoms with van der Waals surface area (Å²) in [6.45, 7) is 1.84. The fourth-order valence-electron chi connectivity index (χ4n) is 2.44. The van der Waals surface area contributed by atoms with Crippen LogP contribution >= 0.6 is 11.3 Å². The molecule has 1 fully saturated rings. The molecule has 1 aliphatic rings. The Morgan fingerprint density at radius 1 is 1.50 bits per heavy atom. The summed E-state index contributed by atoms with van der Waals surface area (Å²) < 4.78 is 0. The zero-order valence-electron chi connectivity index (χ0n) is 11.0. The van der Waals surface area contributed by atoms with Crippen LogP contribution in [0.15, 0.2) is 17.5 Å². The van der Waals surface area contributed by atoms with Crippen molar-refractivity contribution in [2.75, 3.05) is 20.1 Å². The van der Waals surface area contributed by atoms with Gasteiger partial charge in [0.05, 0.1) is 0 Å². The summed E-state index contributed by atoms with van der Waals surface area (Å²) in [5.41, 5.74) is 0. The van der Waals surface area contributed by atoms with Crippen LogP contribution in [0.3, 0.4) is 0 Å². The number of hydrogen-bond acceptors (Lipinski definition) is 3. The van der Waals surface area contributed by atoms with Crippen molar-refractivity contribution in [1.29, 1.82) is 0 Å². The molecule has 1 aromatic rings. The molecule has 0 spiro atoms. The van der Waals surface area contributed by atoms with Gasteiger partial charge in [0.25, 0.3) is 0 Å². The van der Waals surface area contributed by atoms with Crippen LogP contribution in [0.2, 0.25) is 0 Å². The van der Waals surface area contributed by atoms with Gasteiger partial charge in [-0.25, -0.2) is 0 Å². The predicted octanol–water partition coefficient (Wildman–Crippen LogP) is 2.28. The van der Waals surface area contributed by atoms with Crippen molar-refractivity contribution >= 4 is 17.2 Å². The molecule has 100 valence electrons. The van der Waals surface area contributed by atoms with E-state index in [1.807, 2.05) is 11.9 Å². The number of carbonyl (C=O) groups is 1. The van der Waals surface area contributed by atoms with Crippen molar-refractivity contribution in [3.63, 3.8) is 0 Å². The molecule has 0 saturated carbocycles. The molecule has 2 rings (SSSR count). The average Bonchev–Trinajstić information content (AvgIpc) is 2.92. The molecular formula is C14H22N2OS. The van der Waals surface area contributed by atoms with E-state index in [1.54, 1.807) is 11.3 Å². The van der Waals surface area contributed by atoms with Crippen LogP contribution in [0.1, 0.15) is 30.6 Å². The third-order valence-corrected chi connectivity index (χ3v) is 4.59. The van der Waals surface area contributed by atoms with Crippen LogP contribution in [-0.4, -0.2) is 37.0 Å². The minimum Gasteiger partial charge on any atom is -0.343 e. The minimum atomic E-state index is 0.334. The second-order valence-electron chi connectivity index (χ2n) is 4.88. The highest BCUT2D eigenvalue weighted by molar-refractivity contribution is 7.09. The van der Waals surface area contributed by atoms with E-state index in [0.717, 1.165) is 38.8 Å². The summed E-state index contributed by atoms with van der Waals surface area (Å²) in [6, 6.07) is 4.82. The Hall–Kier alpha value is -0.870. The molecular weight excluding hydrogens is 244 g/mol. The molecule has 0 unspecified atom stereocenters. The predicted molar refractivity (Wildman–Crippen MR) is 75.9 cm³/mol. The van der Waals surface area contributed by atoms with Crippen LogP contribution < -0.4 is 5.32 Å². The largest absolute Gasteiger partial charge is 0.343 e. The Labute approximate surface area is 113 Å². The number of likely N-dealkylation sites (tertiary alicyclic amines) is 1. The first-order valence-corrected chi connectivity index (χ1v) is 7.65. The third kappa shape index (κ3) is 3.82. The van der Waals surface area contributed by atoms with Crippen molar-refractivity contribution in [2.45, 2.75) is 38.1 Å². The Morgan fingerprint density at radius 3 is 2.89 bits per heavy atom. The summed E-state index contributed by atoms with van der Waals surface area (Å²) in [5, 5.41) is 5.39. The van der Waals surface area contributed by atoms with Gasteiger partial charge in [-0.3, -0.25) is 4.79 Å². The summed E-state index contributed by atoms with van der Waals surface area (Å²) in [5.74, 6) is 0.334. The van der Waals surface area contributed by atoms with Gasteiger partial charge < -0.3 is 10.2 Å². The third-order valence-electron chi connectivity index (χ3n) is 3.65. The first-order valence-electron chi connectivity index (χ1n) is 6.77. The van der Waals surface area contributed by atoms with Crippen molar-refractivity contribution < 1.29 is 4.79 Å². The number of thiophene rings is 1. The summed E-state index contributed by atoms with van der Waals surface area (Å²) >= 11 is 1.78. The number of nitrogens with one attached hydrogen (secondary N) is 1. The second-order valence-corrected chi connectivity index (χ2v) is 5.91.